The van der Waals surface area contributed by atoms with Crippen LogP contribution in [0.2, 0.25) is 0 Å². The number of likely N-dealkylation sites (tertiary alicyclic amines) is 1. The molecule has 2 aromatic rings. The predicted octanol–water partition coefficient (Wildman–Crippen LogP) is 4.11. The summed E-state index contributed by atoms with van der Waals surface area (Å²) in [7, 11) is 0. The average Bonchev–Trinajstić information content (AvgIpc) is 3.14. The molecule has 1 aliphatic heterocycles. The summed E-state index contributed by atoms with van der Waals surface area (Å²) in [4.78, 5) is 28.2. The molecule has 4 heteroatoms. The Balaban J connectivity index is 1.86. The van der Waals surface area contributed by atoms with E-state index in [-0.39, 0.29) is 17.9 Å². The molecule has 0 spiro atoms. The maximum atomic E-state index is 13.3. The Kier molecular flexibility index (Phi) is 5.75. The van der Waals surface area contributed by atoms with E-state index in [1.807, 2.05) is 55.5 Å². The zero-order valence-corrected chi connectivity index (χ0v) is 15.7. The summed E-state index contributed by atoms with van der Waals surface area (Å²) >= 11 is 0. The van der Waals surface area contributed by atoms with Crippen molar-refractivity contribution in [1.29, 1.82) is 0 Å². The van der Waals surface area contributed by atoms with E-state index in [0.29, 0.717) is 24.9 Å². The topological polar surface area (TPSA) is 49.4 Å². The number of rotatable bonds is 6. The monoisotopic (exact) mass is 362 g/mol. The lowest BCUT2D eigenvalue weighted by molar-refractivity contribution is -0.131. The van der Waals surface area contributed by atoms with E-state index in [2.05, 4.69) is 11.9 Å². The number of hydrogen-bond acceptors (Lipinski definition) is 2. The lowest BCUT2D eigenvalue weighted by Crippen LogP contribution is -2.57. The molecular weight excluding hydrogens is 336 g/mol. The van der Waals surface area contributed by atoms with E-state index < -0.39 is 5.54 Å². The van der Waals surface area contributed by atoms with Crippen LogP contribution >= 0.6 is 0 Å². The molecule has 2 aromatic carbocycles. The van der Waals surface area contributed by atoms with Gasteiger partial charge in [-0.3, -0.25) is 9.59 Å². The molecule has 4 nitrogen and oxygen atoms in total. The number of nitrogens with zero attached hydrogens (tertiary/aromatic N) is 1. The number of nitrogens with one attached hydrogen (secondary N) is 1. The smallest absolute Gasteiger partial charge is 0.254 e. The lowest BCUT2D eigenvalue weighted by Gasteiger charge is -2.37. The Labute approximate surface area is 160 Å². The summed E-state index contributed by atoms with van der Waals surface area (Å²) in [6.07, 6.45) is 3.63. The largest absolute Gasteiger partial charge is 0.348 e. The molecule has 1 saturated heterocycles. The van der Waals surface area contributed by atoms with Crippen molar-refractivity contribution in [2.45, 2.75) is 37.8 Å². The van der Waals surface area contributed by atoms with Crippen molar-refractivity contribution in [3.05, 3.63) is 84.4 Å². The van der Waals surface area contributed by atoms with Crippen molar-refractivity contribution in [2.75, 3.05) is 6.54 Å². The van der Waals surface area contributed by atoms with Gasteiger partial charge in [-0.15, -0.1) is 6.58 Å². The first-order valence-corrected chi connectivity index (χ1v) is 9.42. The van der Waals surface area contributed by atoms with Crippen LogP contribution in [-0.4, -0.2) is 28.8 Å². The molecule has 140 valence electrons. The second-order valence-electron chi connectivity index (χ2n) is 7.06. The summed E-state index contributed by atoms with van der Waals surface area (Å²) in [5.74, 6) is -0.210. The quantitative estimate of drug-likeness (QED) is 0.786. The third kappa shape index (κ3) is 3.80. The molecule has 27 heavy (non-hydrogen) atoms. The minimum absolute atomic E-state index is 0.0996. The average molecular weight is 362 g/mol. The zero-order valence-electron chi connectivity index (χ0n) is 15.7. The fourth-order valence-corrected chi connectivity index (χ4v) is 3.85. The SMILES string of the molecule is C=CC[C@@]1(C(=O)NC(C)c2ccccc2)CCCN1C(=O)c1ccccc1. The maximum absolute atomic E-state index is 13.3. The van der Waals surface area contributed by atoms with Crippen LogP contribution in [0.4, 0.5) is 0 Å². The molecule has 0 aromatic heterocycles. The van der Waals surface area contributed by atoms with Gasteiger partial charge < -0.3 is 10.2 Å². The van der Waals surface area contributed by atoms with E-state index >= 15 is 0 Å². The van der Waals surface area contributed by atoms with Gasteiger partial charge in [0, 0.05) is 12.1 Å². The molecule has 2 amide bonds. The highest BCUT2D eigenvalue weighted by molar-refractivity contribution is 6.00. The van der Waals surface area contributed by atoms with Crippen molar-refractivity contribution in [2.24, 2.45) is 0 Å². The number of benzene rings is 2. The van der Waals surface area contributed by atoms with Crippen LogP contribution in [0.25, 0.3) is 0 Å². The molecule has 1 N–H and O–H groups in total. The van der Waals surface area contributed by atoms with Gasteiger partial charge >= 0.3 is 0 Å². The molecular formula is C23H26N2O2. The number of carbonyl (C=O) groups excluding carboxylic acids is 2. The molecule has 1 fully saturated rings. The van der Waals surface area contributed by atoms with Crippen LogP contribution in [0.5, 0.6) is 0 Å². The minimum atomic E-state index is -0.877. The van der Waals surface area contributed by atoms with Crippen LogP contribution in [0.1, 0.15) is 48.1 Å². The van der Waals surface area contributed by atoms with Gasteiger partial charge in [0.1, 0.15) is 5.54 Å². The first-order chi connectivity index (χ1) is 13.1. The highest BCUT2D eigenvalue weighted by atomic mass is 16.2. The van der Waals surface area contributed by atoms with Gasteiger partial charge in [-0.2, -0.15) is 0 Å². The van der Waals surface area contributed by atoms with E-state index in [0.717, 1.165) is 12.0 Å². The van der Waals surface area contributed by atoms with Crippen LogP contribution in [0, 0.1) is 0 Å². The third-order valence-electron chi connectivity index (χ3n) is 5.31. The highest BCUT2D eigenvalue weighted by Crippen LogP contribution is 2.35. The van der Waals surface area contributed by atoms with Crippen molar-refractivity contribution >= 4 is 11.8 Å². The van der Waals surface area contributed by atoms with Crippen molar-refractivity contribution < 1.29 is 9.59 Å². The summed E-state index contributed by atoms with van der Waals surface area (Å²) < 4.78 is 0. The summed E-state index contributed by atoms with van der Waals surface area (Å²) in [6.45, 7) is 6.38. The van der Waals surface area contributed by atoms with Crippen molar-refractivity contribution in [3.8, 4) is 0 Å². The second-order valence-corrected chi connectivity index (χ2v) is 7.06. The van der Waals surface area contributed by atoms with Crippen molar-refractivity contribution in [1.82, 2.24) is 10.2 Å². The number of hydrogen-bond donors (Lipinski definition) is 1. The Morgan fingerprint density at radius 1 is 1.15 bits per heavy atom. The van der Waals surface area contributed by atoms with E-state index in [4.69, 9.17) is 0 Å². The zero-order chi connectivity index (χ0) is 19.3. The molecule has 1 unspecified atom stereocenters. The second kappa shape index (κ2) is 8.21. The molecule has 0 radical (unpaired) electrons. The van der Waals surface area contributed by atoms with Gasteiger partial charge in [0.2, 0.25) is 5.91 Å². The number of carbonyl (C=O) groups is 2. The molecule has 0 aliphatic carbocycles. The van der Waals surface area contributed by atoms with Crippen LogP contribution < -0.4 is 5.32 Å². The van der Waals surface area contributed by atoms with Gasteiger partial charge in [0.25, 0.3) is 5.91 Å². The van der Waals surface area contributed by atoms with Crippen molar-refractivity contribution in [3.63, 3.8) is 0 Å². The minimum Gasteiger partial charge on any atom is -0.348 e. The third-order valence-corrected chi connectivity index (χ3v) is 5.31. The van der Waals surface area contributed by atoms with E-state index in [9.17, 15) is 9.59 Å². The lowest BCUT2D eigenvalue weighted by atomic mass is 9.89. The van der Waals surface area contributed by atoms with Gasteiger partial charge in [-0.25, -0.2) is 0 Å². The fourth-order valence-electron chi connectivity index (χ4n) is 3.85. The maximum Gasteiger partial charge on any atom is 0.254 e. The van der Waals surface area contributed by atoms with Gasteiger partial charge in [-0.1, -0.05) is 54.6 Å². The summed E-state index contributed by atoms with van der Waals surface area (Å²) in [5.41, 5.74) is 0.771. The first kappa shape index (κ1) is 18.9. The molecule has 3 rings (SSSR count). The molecule has 2 atom stereocenters. The van der Waals surface area contributed by atoms with Crippen LogP contribution in [0.15, 0.2) is 73.3 Å². The Morgan fingerprint density at radius 2 is 1.78 bits per heavy atom. The fraction of sp³-hybridized carbons (Fsp3) is 0.304. The van der Waals surface area contributed by atoms with E-state index in [1.165, 1.54) is 0 Å². The van der Waals surface area contributed by atoms with Gasteiger partial charge in [-0.05, 0) is 43.9 Å². The Hall–Kier alpha value is -2.88. The number of amides is 2. The molecule has 1 aliphatic rings. The highest BCUT2D eigenvalue weighted by Gasteiger charge is 2.49. The van der Waals surface area contributed by atoms with Crippen LogP contribution in [-0.2, 0) is 4.79 Å². The normalized spacial score (nSPS) is 20.1. The Bertz CT molecular complexity index is 804. The van der Waals surface area contributed by atoms with E-state index in [1.54, 1.807) is 23.1 Å². The van der Waals surface area contributed by atoms with Gasteiger partial charge in [0.05, 0.1) is 6.04 Å². The Morgan fingerprint density at radius 3 is 2.41 bits per heavy atom. The standard InChI is InChI=1S/C23H26N2O2/c1-3-15-23(22(27)24-18(2)19-11-6-4-7-12-19)16-10-17-25(23)21(26)20-13-8-5-9-14-20/h3-9,11-14,18H,1,10,15-17H2,2H3,(H,24,27)/t18?,23-/m0/s1. The predicted molar refractivity (Wildman–Crippen MR) is 107 cm³/mol. The van der Waals surface area contributed by atoms with Crippen LogP contribution in [0.3, 0.4) is 0 Å². The summed E-state index contributed by atoms with van der Waals surface area (Å²) in [5, 5.41) is 3.12. The molecule has 0 saturated carbocycles. The first-order valence-electron chi connectivity index (χ1n) is 9.42. The molecule has 1 heterocycles. The summed E-state index contributed by atoms with van der Waals surface area (Å²) in [6, 6.07) is 18.9. The van der Waals surface area contributed by atoms with Gasteiger partial charge in [0.15, 0.2) is 0 Å². The molecule has 0 bridgehead atoms.